The van der Waals surface area contributed by atoms with Gasteiger partial charge in [-0.15, -0.1) is 0 Å². The van der Waals surface area contributed by atoms with Crippen LogP contribution < -0.4 is 5.32 Å². The Labute approximate surface area is 138 Å². The van der Waals surface area contributed by atoms with Crippen LogP contribution in [0.25, 0.3) is 0 Å². The summed E-state index contributed by atoms with van der Waals surface area (Å²) in [5.74, 6) is 0. The van der Waals surface area contributed by atoms with E-state index in [9.17, 15) is 8.42 Å². The largest absolute Gasteiger partial charge is 0.381 e. The summed E-state index contributed by atoms with van der Waals surface area (Å²) < 4.78 is 24.6. The Kier molecular flexibility index (Phi) is 4.96. The zero-order valence-electron chi connectivity index (χ0n) is 11.7. The lowest BCUT2D eigenvalue weighted by Crippen LogP contribution is -2.08. The molecule has 0 aliphatic carbocycles. The van der Waals surface area contributed by atoms with Crippen molar-refractivity contribution >= 4 is 43.1 Å². The normalized spacial score (nSPS) is 11.4. The van der Waals surface area contributed by atoms with Crippen LogP contribution in [0.15, 0.2) is 45.8 Å². The zero-order valence-corrected chi connectivity index (χ0v) is 14.8. The summed E-state index contributed by atoms with van der Waals surface area (Å²) in [5, 5.41) is 3.64. The molecular formula is C15H15BrClNO2S. The summed E-state index contributed by atoms with van der Waals surface area (Å²) >= 11 is 9.62. The fourth-order valence-electron chi connectivity index (χ4n) is 1.95. The molecule has 2 aromatic rings. The standard InChI is InChI=1S/C15H15BrClNO2S/c1-10-6-7-11(8-13(10)16)18-9-12-14(17)4-3-5-15(12)21(2,19)20/h3-8,18H,9H2,1-2H3. The summed E-state index contributed by atoms with van der Waals surface area (Å²) in [5.41, 5.74) is 2.61. The highest BCUT2D eigenvalue weighted by Crippen LogP contribution is 2.26. The molecule has 2 rings (SSSR count). The van der Waals surface area contributed by atoms with Gasteiger partial charge in [0.2, 0.25) is 0 Å². The predicted octanol–water partition coefficient (Wildman–Crippen LogP) is 4.43. The molecule has 0 heterocycles. The molecule has 0 aromatic heterocycles. The second-order valence-electron chi connectivity index (χ2n) is 4.81. The molecule has 0 unspecified atom stereocenters. The van der Waals surface area contributed by atoms with Crippen LogP contribution in [0.3, 0.4) is 0 Å². The number of halogens is 2. The topological polar surface area (TPSA) is 46.2 Å². The van der Waals surface area contributed by atoms with Crippen LogP contribution in [0.5, 0.6) is 0 Å². The van der Waals surface area contributed by atoms with Crippen LogP contribution in [0.4, 0.5) is 5.69 Å². The molecule has 0 amide bonds. The Morgan fingerprint density at radius 3 is 2.57 bits per heavy atom. The van der Waals surface area contributed by atoms with E-state index in [-0.39, 0.29) is 4.90 Å². The van der Waals surface area contributed by atoms with E-state index in [1.807, 2.05) is 25.1 Å². The minimum atomic E-state index is -3.31. The van der Waals surface area contributed by atoms with E-state index in [2.05, 4.69) is 21.2 Å². The lowest BCUT2D eigenvalue weighted by atomic mass is 10.2. The molecule has 2 aromatic carbocycles. The Balaban J connectivity index is 2.30. The number of benzene rings is 2. The quantitative estimate of drug-likeness (QED) is 0.843. The summed E-state index contributed by atoms with van der Waals surface area (Å²) in [6.45, 7) is 2.35. The maximum Gasteiger partial charge on any atom is 0.175 e. The van der Waals surface area contributed by atoms with E-state index in [1.165, 1.54) is 6.26 Å². The van der Waals surface area contributed by atoms with Crippen molar-refractivity contribution in [3.8, 4) is 0 Å². The van der Waals surface area contributed by atoms with Gasteiger partial charge in [0.25, 0.3) is 0 Å². The summed E-state index contributed by atoms with van der Waals surface area (Å²) in [6, 6.07) is 10.8. The van der Waals surface area contributed by atoms with Gasteiger partial charge in [0.05, 0.1) is 4.90 Å². The maximum atomic E-state index is 11.8. The van der Waals surface area contributed by atoms with Gasteiger partial charge in [-0.25, -0.2) is 8.42 Å². The van der Waals surface area contributed by atoms with Gasteiger partial charge >= 0.3 is 0 Å². The summed E-state index contributed by atoms with van der Waals surface area (Å²) in [4.78, 5) is 0.258. The first-order valence-corrected chi connectivity index (χ1v) is 9.33. The van der Waals surface area contributed by atoms with Crippen molar-refractivity contribution in [3.63, 3.8) is 0 Å². The third-order valence-corrected chi connectivity index (χ3v) is 5.51. The van der Waals surface area contributed by atoms with Gasteiger partial charge in [0, 0.05) is 33.5 Å². The van der Waals surface area contributed by atoms with Crippen LogP contribution in [0, 0.1) is 6.92 Å². The maximum absolute atomic E-state index is 11.8. The van der Waals surface area contributed by atoms with E-state index in [0.29, 0.717) is 17.1 Å². The average Bonchev–Trinajstić information content (AvgIpc) is 2.40. The fourth-order valence-corrected chi connectivity index (χ4v) is 3.58. The van der Waals surface area contributed by atoms with Crippen LogP contribution in [-0.4, -0.2) is 14.7 Å². The monoisotopic (exact) mass is 387 g/mol. The Bertz CT molecular complexity index is 775. The summed E-state index contributed by atoms with van der Waals surface area (Å²) in [7, 11) is -3.31. The van der Waals surface area contributed by atoms with E-state index in [4.69, 9.17) is 11.6 Å². The van der Waals surface area contributed by atoms with Crippen molar-refractivity contribution in [1.82, 2.24) is 0 Å². The van der Waals surface area contributed by atoms with Gasteiger partial charge in [-0.1, -0.05) is 39.7 Å². The third kappa shape index (κ3) is 3.99. The van der Waals surface area contributed by atoms with Crippen molar-refractivity contribution < 1.29 is 8.42 Å². The highest BCUT2D eigenvalue weighted by Gasteiger charge is 2.15. The Morgan fingerprint density at radius 2 is 1.95 bits per heavy atom. The first kappa shape index (κ1) is 16.3. The Hall–Kier alpha value is -1.04. The van der Waals surface area contributed by atoms with Gasteiger partial charge in [0.1, 0.15) is 0 Å². The molecule has 0 radical (unpaired) electrons. The molecule has 112 valence electrons. The highest BCUT2D eigenvalue weighted by molar-refractivity contribution is 9.10. The Morgan fingerprint density at radius 1 is 1.24 bits per heavy atom. The van der Waals surface area contributed by atoms with Crippen molar-refractivity contribution in [3.05, 3.63) is 57.0 Å². The van der Waals surface area contributed by atoms with E-state index in [0.717, 1.165) is 15.7 Å². The molecule has 0 spiro atoms. The number of nitrogens with one attached hydrogen (secondary N) is 1. The molecule has 0 saturated heterocycles. The van der Waals surface area contributed by atoms with Crippen LogP contribution >= 0.6 is 27.5 Å². The van der Waals surface area contributed by atoms with Crippen LogP contribution in [0.2, 0.25) is 5.02 Å². The second-order valence-corrected chi connectivity index (χ2v) is 8.05. The SMILES string of the molecule is Cc1ccc(NCc2c(Cl)cccc2S(C)(=O)=O)cc1Br. The van der Waals surface area contributed by atoms with E-state index in [1.54, 1.807) is 18.2 Å². The van der Waals surface area contributed by atoms with Gasteiger partial charge in [-0.05, 0) is 36.8 Å². The number of rotatable bonds is 4. The number of sulfone groups is 1. The lowest BCUT2D eigenvalue weighted by Gasteiger charge is -2.13. The van der Waals surface area contributed by atoms with Crippen molar-refractivity contribution in [1.29, 1.82) is 0 Å². The van der Waals surface area contributed by atoms with Crippen LogP contribution in [0.1, 0.15) is 11.1 Å². The van der Waals surface area contributed by atoms with Gasteiger partial charge < -0.3 is 5.32 Å². The minimum Gasteiger partial charge on any atom is -0.381 e. The lowest BCUT2D eigenvalue weighted by molar-refractivity contribution is 0.601. The molecular weight excluding hydrogens is 374 g/mol. The van der Waals surface area contributed by atoms with Crippen molar-refractivity contribution in [2.45, 2.75) is 18.4 Å². The first-order chi connectivity index (χ1) is 9.79. The number of hydrogen-bond donors (Lipinski definition) is 1. The zero-order chi connectivity index (χ0) is 15.6. The molecule has 0 atom stereocenters. The van der Waals surface area contributed by atoms with Crippen molar-refractivity contribution in [2.75, 3.05) is 11.6 Å². The van der Waals surface area contributed by atoms with Crippen LogP contribution in [-0.2, 0) is 16.4 Å². The first-order valence-electron chi connectivity index (χ1n) is 6.26. The molecule has 0 aliphatic heterocycles. The molecule has 21 heavy (non-hydrogen) atoms. The molecule has 0 fully saturated rings. The molecule has 0 aliphatic rings. The molecule has 0 bridgehead atoms. The fraction of sp³-hybridized carbons (Fsp3) is 0.200. The molecule has 6 heteroatoms. The van der Waals surface area contributed by atoms with Gasteiger partial charge in [-0.2, -0.15) is 0 Å². The van der Waals surface area contributed by atoms with Gasteiger partial charge in [0.15, 0.2) is 9.84 Å². The van der Waals surface area contributed by atoms with E-state index >= 15 is 0 Å². The third-order valence-electron chi connectivity index (χ3n) is 3.12. The highest BCUT2D eigenvalue weighted by atomic mass is 79.9. The van der Waals surface area contributed by atoms with Crippen molar-refractivity contribution in [2.24, 2.45) is 0 Å². The van der Waals surface area contributed by atoms with Gasteiger partial charge in [-0.3, -0.25) is 0 Å². The predicted molar refractivity (Wildman–Crippen MR) is 90.8 cm³/mol. The van der Waals surface area contributed by atoms with E-state index < -0.39 is 9.84 Å². The second kappa shape index (κ2) is 6.38. The number of hydrogen-bond acceptors (Lipinski definition) is 3. The molecule has 0 saturated carbocycles. The summed E-state index contributed by atoms with van der Waals surface area (Å²) in [6.07, 6.45) is 1.19. The minimum absolute atomic E-state index is 0.258. The molecule has 1 N–H and O–H groups in total. The number of aryl methyl sites for hydroxylation is 1. The number of anilines is 1. The smallest absolute Gasteiger partial charge is 0.175 e. The molecule has 3 nitrogen and oxygen atoms in total. The average molecular weight is 389 g/mol.